The van der Waals surface area contributed by atoms with E-state index in [1.165, 1.54) is 0 Å². The van der Waals surface area contributed by atoms with Crippen molar-refractivity contribution in [3.63, 3.8) is 0 Å². The Kier molecular flexibility index (Phi) is 5.37. The smallest absolute Gasteiger partial charge is 0.408 e. The van der Waals surface area contributed by atoms with Gasteiger partial charge < -0.3 is 4.42 Å². The largest absolute Gasteiger partial charge is 0.417 e. The van der Waals surface area contributed by atoms with Crippen molar-refractivity contribution in [1.82, 2.24) is 4.98 Å². The summed E-state index contributed by atoms with van der Waals surface area (Å²) in [7, 11) is 0. The van der Waals surface area contributed by atoms with Gasteiger partial charge in [0.05, 0.1) is 5.69 Å². The van der Waals surface area contributed by atoms with E-state index in [-0.39, 0.29) is 0 Å². The van der Waals surface area contributed by atoms with Crippen LogP contribution in [-0.2, 0) is 0 Å². The Morgan fingerprint density at radius 2 is 2.07 bits per heavy atom. The molecule has 0 aliphatic carbocycles. The van der Waals surface area contributed by atoms with Crippen molar-refractivity contribution in [3.05, 3.63) is 34.7 Å². The SMILES string of the molecule is C=C(C)c1oc(=O)[nH]c1/C=C\C.CC. The molecular weight excluding hydrogens is 178 g/mol. The van der Waals surface area contributed by atoms with Gasteiger partial charge in [0.25, 0.3) is 0 Å². The molecule has 0 spiro atoms. The molecule has 0 saturated heterocycles. The summed E-state index contributed by atoms with van der Waals surface area (Å²) in [6, 6.07) is 0. The Balaban J connectivity index is 0.000000791. The molecule has 0 saturated carbocycles. The minimum Gasteiger partial charge on any atom is -0.408 e. The molecule has 0 bridgehead atoms. The van der Waals surface area contributed by atoms with E-state index in [1.54, 1.807) is 13.0 Å². The molecule has 1 aromatic rings. The van der Waals surface area contributed by atoms with Crippen molar-refractivity contribution < 1.29 is 4.42 Å². The number of H-pyrrole nitrogens is 1. The standard InChI is InChI=1S/C9H11NO2.C2H6/c1-4-5-7-8(6(2)3)12-9(11)10-7;1-2/h4-5H,2H2,1,3H3,(H,10,11);1-2H3/b5-4-;. The molecule has 1 N–H and O–H groups in total. The fourth-order valence-electron chi connectivity index (χ4n) is 0.941. The monoisotopic (exact) mass is 195 g/mol. The third-order valence-electron chi connectivity index (χ3n) is 1.40. The fourth-order valence-corrected chi connectivity index (χ4v) is 0.941. The molecule has 3 nitrogen and oxygen atoms in total. The minimum absolute atomic E-state index is 0.443. The Hall–Kier alpha value is -1.51. The molecule has 0 fully saturated rings. The van der Waals surface area contributed by atoms with Gasteiger partial charge in [-0.25, -0.2) is 4.79 Å². The lowest BCUT2D eigenvalue weighted by Crippen LogP contribution is -1.94. The molecule has 0 amide bonds. The van der Waals surface area contributed by atoms with E-state index in [2.05, 4.69) is 11.6 Å². The summed E-state index contributed by atoms with van der Waals surface area (Å²) in [5.41, 5.74) is 1.41. The Bertz CT molecular complexity index is 369. The number of rotatable bonds is 2. The number of aromatic amines is 1. The minimum atomic E-state index is -0.443. The second-order valence-corrected chi connectivity index (χ2v) is 2.54. The maximum atomic E-state index is 10.8. The first kappa shape index (κ1) is 12.5. The summed E-state index contributed by atoms with van der Waals surface area (Å²) >= 11 is 0. The molecule has 0 aromatic carbocycles. The second kappa shape index (κ2) is 6.02. The second-order valence-electron chi connectivity index (χ2n) is 2.54. The lowest BCUT2D eigenvalue weighted by molar-refractivity contribution is 0.503. The molecular formula is C11H17NO2. The zero-order valence-electron chi connectivity index (χ0n) is 9.18. The van der Waals surface area contributed by atoms with Crippen LogP contribution in [0.1, 0.15) is 39.1 Å². The topological polar surface area (TPSA) is 46.0 Å². The highest BCUT2D eigenvalue weighted by molar-refractivity contribution is 5.65. The van der Waals surface area contributed by atoms with Gasteiger partial charge >= 0.3 is 5.76 Å². The third kappa shape index (κ3) is 3.09. The lowest BCUT2D eigenvalue weighted by atomic mass is 10.2. The zero-order valence-corrected chi connectivity index (χ0v) is 9.18. The van der Waals surface area contributed by atoms with Crippen molar-refractivity contribution in [1.29, 1.82) is 0 Å². The van der Waals surface area contributed by atoms with Gasteiger partial charge in [0.1, 0.15) is 0 Å². The van der Waals surface area contributed by atoms with Crippen LogP contribution in [0.2, 0.25) is 0 Å². The van der Waals surface area contributed by atoms with Crippen molar-refractivity contribution >= 4 is 11.6 Å². The quantitative estimate of drug-likeness (QED) is 0.788. The van der Waals surface area contributed by atoms with Crippen LogP contribution in [-0.4, -0.2) is 4.98 Å². The molecule has 1 aromatic heterocycles. The van der Waals surface area contributed by atoms with Gasteiger partial charge in [-0.15, -0.1) is 0 Å². The van der Waals surface area contributed by atoms with E-state index in [0.717, 1.165) is 5.57 Å². The van der Waals surface area contributed by atoms with Gasteiger partial charge in [-0.2, -0.15) is 0 Å². The maximum absolute atomic E-state index is 10.8. The van der Waals surface area contributed by atoms with Gasteiger partial charge in [-0.1, -0.05) is 26.5 Å². The molecule has 3 heteroatoms. The number of aromatic nitrogens is 1. The van der Waals surface area contributed by atoms with Crippen molar-refractivity contribution in [2.45, 2.75) is 27.7 Å². The van der Waals surface area contributed by atoms with E-state index in [9.17, 15) is 4.79 Å². The molecule has 0 aliphatic heterocycles. The summed E-state index contributed by atoms with van der Waals surface area (Å²) in [4.78, 5) is 13.4. The average Bonchev–Trinajstić information content (AvgIpc) is 2.51. The summed E-state index contributed by atoms with van der Waals surface area (Å²) in [6.07, 6.45) is 3.60. The maximum Gasteiger partial charge on any atom is 0.417 e. The van der Waals surface area contributed by atoms with Crippen LogP contribution in [0.4, 0.5) is 0 Å². The van der Waals surface area contributed by atoms with E-state index in [1.807, 2.05) is 26.8 Å². The highest BCUT2D eigenvalue weighted by Gasteiger charge is 2.06. The van der Waals surface area contributed by atoms with Crippen LogP contribution in [0.15, 0.2) is 21.9 Å². The number of hydrogen-bond acceptors (Lipinski definition) is 2. The van der Waals surface area contributed by atoms with Gasteiger partial charge in [-0.3, -0.25) is 4.98 Å². The summed E-state index contributed by atoms with van der Waals surface area (Å²) < 4.78 is 4.87. The van der Waals surface area contributed by atoms with Crippen molar-refractivity contribution in [2.24, 2.45) is 0 Å². The van der Waals surface area contributed by atoms with Gasteiger partial charge in [0.15, 0.2) is 5.76 Å². The van der Waals surface area contributed by atoms with Crippen LogP contribution in [0.3, 0.4) is 0 Å². The number of oxazole rings is 1. The Morgan fingerprint density at radius 3 is 2.50 bits per heavy atom. The summed E-state index contributed by atoms with van der Waals surface area (Å²) in [5, 5.41) is 0. The van der Waals surface area contributed by atoms with Gasteiger partial charge in [-0.05, 0) is 25.5 Å². The molecule has 0 unspecified atom stereocenters. The Morgan fingerprint density at radius 1 is 1.50 bits per heavy atom. The van der Waals surface area contributed by atoms with Crippen molar-refractivity contribution in [3.8, 4) is 0 Å². The predicted octanol–water partition coefficient (Wildman–Crippen LogP) is 3.06. The molecule has 1 rings (SSSR count). The first-order valence-corrected chi connectivity index (χ1v) is 4.67. The molecule has 0 radical (unpaired) electrons. The van der Waals surface area contributed by atoms with Crippen LogP contribution < -0.4 is 5.76 Å². The third-order valence-corrected chi connectivity index (χ3v) is 1.40. The van der Waals surface area contributed by atoms with Crippen LogP contribution >= 0.6 is 0 Å². The molecule has 0 aliphatic rings. The summed E-state index contributed by atoms with van der Waals surface area (Å²) in [6.45, 7) is 11.4. The number of hydrogen-bond donors (Lipinski definition) is 1. The van der Waals surface area contributed by atoms with E-state index in [4.69, 9.17) is 4.42 Å². The molecule has 1 heterocycles. The molecule has 0 atom stereocenters. The van der Waals surface area contributed by atoms with Crippen LogP contribution in [0.5, 0.6) is 0 Å². The van der Waals surface area contributed by atoms with E-state index < -0.39 is 5.76 Å². The average molecular weight is 195 g/mol. The highest BCUT2D eigenvalue weighted by Crippen LogP contribution is 2.14. The van der Waals surface area contributed by atoms with Crippen molar-refractivity contribution in [2.75, 3.05) is 0 Å². The summed E-state index contributed by atoms with van der Waals surface area (Å²) in [5.74, 6) is 0.0826. The van der Waals surface area contributed by atoms with E-state index >= 15 is 0 Å². The lowest BCUT2D eigenvalue weighted by Gasteiger charge is -1.92. The first-order valence-electron chi connectivity index (χ1n) is 4.67. The molecule has 78 valence electrons. The Labute approximate surface area is 84.2 Å². The highest BCUT2D eigenvalue weighted by atomic mass is 16.4. The first-order chi connectivity index (χ1) is 6.65. The van der Waals surface area contributed by atoms with Crippen LogP contribution in [0, 0.1) is 0 Å². The number of nitrogens with one attached hydrogen (secondary N) is 1. The zero-order chi connectivity index (χ0) is 11.1. The predicted molar refractivity (Wildman–Crippen MR) is 60.1 cm³/mol. The number of allylic oxidation sites excluding steroid dienone is 2. The van der Waals surface area contributed by atoms with E-state index in [0.29, 0.717) is 11.5 Å². The van der Waals surface area contributed by atoms with Gasteiger partial charge in [0.2, 0.25) is 0 Å². The van der Waals surface area contributed by atoms with Crippen LogP contribution in [0.25, 0.3) is 11.6 Å². The fraction of sp³-hybridized carbons (Fsp3) is 0.364. The van der Waals surface area contributed by atoms with Gasteiger partial charge in [0, 0.05) is 0 Å². The normalized spacial score (nSPS) is 9.71. The molecule has 14 heavy (non-hydrogen) atoms.